The molecule has 3 N–H and O–H groups in total. The monoisotopic (exact) mass is 256 g/mol. The molecule has 1 aliphatic rings. The predicted octanol–water partition coefficient (Wildman–Crippen LogP) is 1.83. The van der Waals surface area contributed by atoms with Gasteiger partial charge in [0.25, 0.3) is 0 Å². The van der Waals surface area contributed by atoms with E-state index in [4.69, 9.17) is 10.5 Å². The molecule has 18 heavy (non-hydrogen) atoms. The lowest BCUT2D eigenvalue weighted by Crippen LogP contribution is -2.47. The zero-order valence-electron chi connectivity index (χ0n) is 12.2. The number of hydrogen-bond acceptors (Lipinski definition) is 3. The van der Waals surface area contributed by atoms with Gasteiger partial charge in [0.2, 0.25) is 5.91 Å². The summed E-state index contributed by atoms with van der Waals surface area (Å²) < 4.78 is 5.83. The molecule has 1 saturated carbocycles. The Kier molecular flexibility index (Phi) is 5.17. The van der Waals surface area contributed by atoms with Crippen LogP contribution in [0.3, 0.4) is 0 Å². The van der Waals surface area contributed by atoms with Gasteiger partial charge in [-0.15, -0.1) is 0 Å². The summed E-state index contributed by atoms with van der Waals surface area (Å²) in [5.74, 6) is 0.595. The first-order valence-electron chi connectivity index (χ1n) is 6.97. The lowest BCUT2D eigenvalue weighted by atomic mass is 10.0. The summed E-state index contributed by atoms with van der Waals surface area (Å²) in [6, 6.07) is 0. The number of carbonyl (C=O) groups is 1. The van der Waals surface area contributed by atoms with E-state index in [1.165, 1.54) is 0 Å². The molecule has 2 atom stereocenters. The third-order valence-corrected chi connectivity index (χ3v) is 4.06. The van der Waals surface area contributed by atoms with Gasteiger partial charge < -0.3 is 15.8 Å². The second kappa shape index (κ2) is 6.02. The summed E-state index contributed by atoms with van der Waals surface area (Å²) in [6.45, 7) is 8.92. The standard InChI is InChI=1S/C14H28N2O2/c1-5-13(3,4)16-12(17)9-18-14(10-15)7-6-11(2)8-14/h11H,5-10,15H2,1-4H3,(H,16,17). The molecule has 0 heterocycles. The first-order chi connectivity index (χ1) is 8.32. The van der Waals surface area contributed by atoms with Crippen molar-refractivity contribution in [2.24, 2.45) is 11.7 Å². The minimum Gasteiger partial charge on any atom is -0.364 e. The van der Waals surface area contributed by atoms with Crippen LogP contribution in [-0.4, -0.2) is 30.2 Å². The second-order valence-corrected chi connectivity index (χ2v) is 6.31. The summed E-state index contributed by atoms with van der Waals surface area (Å²) in [7, 11) is 0. The quantitative estimate of drug-likeness (QED) is 0.762. The number of amides is 1. The Bertz CT molecular complexity index is 292. The van der Waals surface area contributed by atoms with Crippen molar-refractivity contribution >= 4 is 5.91 Å². The van der Waals surface area contributed by atoms with Crippen LogP contribution in [0, 0.1) is 5.92 Å². The first kappa shape index (κ1) is 15.4. The van der Waals surface area contributed by atoms with Gasteiger partial charge in [-0.25, -0.2) is 0 Å². The number of nitrogens with one attached hydrogen (secondary N) is 1. The Morgan fingerprint density at radius 1 is 1.56 bits per heavy atom. The molecule has 1 fully saturated rings. The maximum absolute atomic E-state index is 11.8. The second-order valence-electron chi connectivity index (χ2n) is 6.31. The van der Waals surface area contributed by atoms with Crippen LogP contribution in [0.1, 0.15) is 53.4 Å². The first-order valence-corrected chi connectivity index (χ1v) is 6.97. The van der Waals surface area contributed by atoms with Gasteiger partial charge in [0.1, 0.15) is 6.61 Å². The van der Waals surface area contributed by atoms with Crippen LogP contribution in [-0.2, 0) is 9.53 Å². The average molecular weight is 256 g/mol. The number of rotatable bonds is 6. The lowest BCUT2D eigenvalue weighted by Gasteiger charge is -2.29. The van der Waals surface area contributed by atoms with E-state index in [9.17, 15) is 4.79 Å². The molecule has 0 bridgehead atoms. The van der Waals surface area contributed by atoms with E-state index in [2.05, 4.69) is 19.2 Å². The van der Waals surface area contributed by atoms with Gasteiger partial charge >= 0.3 is 0 Å². The van der Waals surface area contributed by atoms with Gasteiger partial charge in [-0.1, -0.05) is 13.8 Å². The Morgan fingerprint density at radius 2 is 2.22 bits per heavy atom. The Balaban J connectivity index is 2.42. The van der Waals surface area contributed by atoms with Crippen LogP contribution in [0.4, 0.5) is 0 Å². The van der Waals surface area contributed by atoms with Crippen molar-refractivity contribution in [1.82, 2.24) is 5.32 Å². The molecule has 0 spiro atoms. The fourth-order valence-corrected chi connectivity index (χ4v) is 2.44. The molecule has 1 rings (SSSR count). The highest BCUT2D eigenvalue weighted by Gasteiger charge is 2.37. The zero-order chi connectivity index (χ0) is 13.8. The van der Waals surface area contributed by atoms with Gasteiger partial charge in [-0.05, 0) is 45.4 Å². The fourth-order valence-electron chi connectivity index (χ4n) is 2.44. The van der Waals surface area contributed by atoms with Gasteiger partial charge in [-0.2, -0.15) is 0 Å². The van der Waals surface area contributed by atoms with Gasteiger partial charge in [-0.3, -0.25) is 4.79 Å². The normalized spacial score (nSPS) is 28.4. The largest absolute Gasteiger partial charge is 0.364 e. The molecule has 106 valence electrons. The summed E-state index contributed by atoms with van der Waals surface area (Å²) in [4.78, 5) is 11.8. The SMILES string of the molecule is CCC(C)(C)NC(=O)COC1(CN)CCC(C)C1. The van der Waals surface area contributed by atoms with Crippen molar-refractivity contribution in [1.29, 1.82) is 0 Å². The van der Waals surface area contributed by atoms with E-state index >= 15 is 0 Å². The molecule has 4 heteroatoms. The van der Waals surface area contributed by atoms with Crippen molar-refractivity contribution in [3.05, 3.63) is 0 Å². The van der Waals surface area contributed by atoms with Crippen molar-refractivity contribution in [2.75, 3.05) is 13.2 Å². The Hall–Kier alpha value is -0.610. The molecule has 4 nitrogen and oxygen atoms in total. The molecular weight excluding hydrogens is 228 g/mol. The van der Waals surface area contributed by atoms with Crippen molar-refractivity contribution < 1.29 is 9.53 Å². The third kappa shape index (κ3) is 4.25. The number of carbonyl (C=O) groups excluding carboxylic acids is 1. The highest BCUT2D eigenvalue weighted by atomic mass is 16.5. The Morgan fingerprint density at radius 3 is 2.67 bits per heavy atom. The van der Waals surface area contributed by atoms with Crippen LogP contribution >= 0.6 is 0 Å². The third-order valence-electron chi connectivity index (χ3n) is 4.06. The van der Waals surface area contributed by atoms with E-state index < -0.39 is 0 Å². The molecule has 0 aromatic rings. The fraction of sp³-hybridized carbons (Fsp3) is 0.929. The average Bonchev–Trinajstić information content (AvgIpc) is 2.69. The van der Waals surface area contributed by atoms with E-state index in [0.717, 1.165) is 25.7 Å². The minimum atomic E-state index is -0.271. The summed E-state index contributed by atoms with van der Waals surface area (Å²) >= 11 is 0. The van der Waals surface area contributed by atoms with Gasteiger partial charge in [0.05, 0.1) is 5.60 Å². The van der Waals surface area contributed by atoms with Crippen LogP contribution in [0.2, 0.25) is 0 Å². The minimum absolute atomic E-state index is 0.0470. The highest BCUT2D eigenvalue weighted by molar-refractivity contribution is 5.78. The molecular formula is C14H28N2O2. The topological polar surface area (TPSA) is 64.3 Å². The number of ether oxygens (including phenoxy) is 1. The number of hydrogen-bond donors (Lipinski definition) is 2. The van der Waals surface area contributed by atoms with Crippen LogP contribution in [0.15, 0.2) is 0 Å². The van der Waals surface area contributed by atoms with Gasteiger partial charge in [0.15, 0.2) is 0 Å². The molecule has 0 radical (unpaired) electrons. The predicted molar refractivity (Wildman–Crippen MR) is 73.3 cm³/mol. The van der Waals surface area contributed by atoms with Crippen molar-refractivity contribution in [3.8, 4) is 0 Å². The summed E-state index contributed by atoms with van der Waals surface area (Å²) in [5, 5.41) is 2.98. The molecule has 0 aliphatic heterocycles. The Labute approximate surface area is 111 Å². The molecule has 0 saturated heterocycles. The van der Waals surface area contributed by atoms with Crippen molar-refractivity contribution in [2.45, 2.75) is 64.5 Å². The van der Waals surface area contributed by atoms with E-state index in [1.807, 2.05) is 13.8 Å². The number of nitrogens with two attached hydrogens (primary N) is 1. The molecule has 0 aromatic carbocycles. The van der Waals surface area contributed by atoms with Crippen LogP contribution in [0.25, 0.3) is 0 Å². The summed E-state index contributed by atoms with van der Waals surface area (Å²) in [5.41, 5.74) is 5.38. The maximum atomic E-state index is 11.8. The van der Waals surface area contributed by atoms with E-state index in [0.29, 0.717) is 12.5 Å². The van der Waals surface area contributed by atoms with E-state index in [1.54, 1.807) is 0 Å². The van der Waals surface area contributed by atoms with Crippen LogP contribution < -0.4 is 11.1 Å². The lowest BCUT2D eigenvalue weighted by molar-refractivity contribution is -0.134. The molecule has 1 aliphatic carbocycles. The molecule has 1 amide bonds. The van der Waals surface area contributed by atoms with Crippen LogP contribution in [0.5, 0.6) is 0 Å². The zero-order valence-corrected chi connectivity index (χ0v) is 12.2. The highest BCUT2D eigenvalue weighted by Crippen LogP contribution is 2.36. The molecule has 2 unspecified atom stereocenters. The van der Waals surface area contributed by atoms with Gasteiger partial charge in [0, 0.05) is 12.1 Å². The smallest absolute Gasteiger partial charge is 0.246 e. The molecule has 0 aromatic heterocycles. The van der Waals surface area contributed by atoms with Crippen molar-refractivity contribution in [3.63, 3.8) is 0 Å². The maximum Gasteiger partial charge on any atom is 0.246 e. The van der Waals surface area contributed by atoms with E-state index in [-0.39, 0.29) is 23.7 Å². The summed E-state index contributed by atoms with van der Waals surface area (Å²) in [6.07, 6.45) is 3.97.